The second-order valence-electron chi connectivity index (χ2n) is 6.43. The van der Waals surface area contributed by atoms with Crippen LogP contribution in [0.3, 0.4) is 0 Å². The number of nitrogens with one attached hydrogen (secondary N) is 1. The van der Waals surface area contributed by atoms with E-state index in [1.165, 1.54) is 0 Å². The van der Waals surface area contributed by atoms with Crippen LogP contribution in [0, 0.1) is 0 Å². The number of hydrogen-bond donors (Lipinski definition) is 1. The zero-order valence-electron chi connectivity index (χ0n) is 15.7. The van der Waals surface area contributed by atoms with E-state index in [1.807, 2.05) is 91.0 Å². The van der Waals surface area contributed by atoms with Crippen LogP contribution in [-0.4, -0.2) is 16.6 Å². The highest BCUT2D eigenvalue weighted by atomic mass is 16.2. The topological polar surface area (TPSA) is 54.4 Å². The lowest BCUT2D eigenvalue weighted by Gasteiger charge is -2.08. The van der Waals surface area contributed by atoms with E-state index >= 15 is 0 Å². The van der Waals surface area contributed by atoms with Crippen molar-refractivity contribution in [3.05, 3.63) is 126 Å². The summed E-state index contributed by atoms with van der Waals surface area (Å²) in [4.78, 5) is 17.0. The summed E-state index contributed by atoms with van der Waals surface area (Å²) < 4.78 is 0. The van der Waals surface area contributed by atoms with Crippen LogP contribution in [0.1, 0.15) is 21.6 Å². The highest BCUT2D eigenvalue weighted by Crippen LogP contribution is 2.19. The van der Waals surface area contributed by atoms with Crippen molar-refractivity contribution >= 4 is 11.6 Å². The molecule has 0 atom stereocenters. The predicted molar refractivity (Wildman–Crippen MR) is 116 cm³/mol. The molecule has 140 valence electrons. The molecule has 0 aliphatic rings. The molecule has 3 aromatic carbocycles. The quantitative estimate of drug-likeness (QED) is 0.396. The first-order valence-corrected chi connectivity index (χ1v) is 9.31. The van der Waals surface area contributed by atoms with Crippen LogP contribution in [0.4, 0.5) is 0 Å². The Morgan fingerprint density at radius 3 is 1.93 bits per heavy atom. The van der Waals surface area contributed by atoms with Crippen molar-refractivity contribution in [2.75, 3.05) is 0 Å². The molecule has 1 heterocycles. The normalized spacial score (nSPS) is 11.1. The van der Waals surface area contributed by atoms with Gasteiger partial charge in [0, 0.05) is 17.3 Å². The summed E-state index contributed by atoms with van der Waals surface area (Å²) in [7, 11) is 0. The third-order valence-electron chi connectivity index (χ3n) is 4.48. The Kier molecular flexibility index (Phi) is 5.53. The summed E-state index contributed by atoms with van der Waals surface area (Å²) in [5.41, 5.74) is 7.56. The molecule has 0 radical (unpaired) electrons. The average molecular weight is 377 g/mol. The summed E-state index contributed by atoms with van der Waals surface area (Å²) in [6.45, 7) is 0. The lowest BCUT2D eigenvalue weighted by molar-refractivity contribution is 0.0955. The predicted octanol–water partition coefficient (Wildman–Crippen LogP) is 4.93. The third kappa shape index (κ3) is 4.45. The molecule has 0 saturated heterocycles. The molecule has 0 bridgehead atoms. The Morgan fingerprint density at radius 2 is 1.28 bits per heavy atom. The summed E-state index contributed by atoms with van der Waals surface area (Å²) >= 11 is 0. The molecular formula is C25H19N3O. The summed E-state index contributed by atoms with van der Waals surface area (Å²) in [6, 6.07) is 32.8. The zero-order valence-corrected chi connectivity index (χ0v) is 15.7. The number of nitrogens with zero attached hydrogens (tertiary/aromatic N) is 2. The lowest BCUT2D eigenvalue weighted by atomic mass is 10.0. The molecular weight excluding hydrogens is 358 g/mol. The number of hydrogen-bond acceptors (Lipinski definition) is 3. The Hall–Kier alpha value is -4.05. The molecule has 4 nitrogen and oxygen atoms in total. The van der Waals surface area contributed by atoms with Gasteiger partial charge in [-0.2, -0.15) is 5.10 Å². The summed E-state index contributed by atoms with van der Waals surface area (Å²) in [6.07, 6.45) is 1.71. The van der Waals surface area contributed by atoms with Crippen molar-refractivity contribution < 1.29 is 4.79 Å². The van der Waals surface area contributed by atoms with Crippen molar-refractivity contribution in [1.82, 2.24) is 10.4 Å². The van der Waals surface area contributed by atoms with E-state index in [-0.39, 0.29) is 5.91 Å². The number of benzene rings is 3. The maximum Gasteiger partial charge on any atom is 0.271 e. The average Bonchev–Trinajstić information content (AvgIpc) is 2.81. The third-order valence-corrected chi connectivity index (χ3v) is 4.48. The van der Waals surface area contributed by atoms with Crippen molar-refractivity contribution in [2.45, 2.75) is 0 Å². The van der Waals surface area contributed by atoms with Gasteiger partial charge in [0.25, 0.3) is 5.91 Å². The zero-order chi connectivity index (χ0) is 19.9. The minimum absolute atomic E-state index is 0.269. The Labute approximate surface area is 169 Å². The number of rotatable bonds is 5. The van der Waals surface area contributed by atoms with Crippen LogP contribution in [0.5, 0.6) is 0 Å². The fourth-order valence-electron chi connectivity index (χ4n) is 2.98. The van der Waals surface area contributed by atoms with Crippen LogP contribution >= 0.6 is 0 Å². The monoisotopic (exact) mass is 377 g/mol. The van der Waals surface area contributed by atoms with Gasteiger partial charge in [-0.05, 0) is 35.4 Å². The van der Waals surface area contributed by atoms with Gasteiger partial charge in [-0.3, -0.25) is 9.78 Å². The highest BCUT2D eigenvalue weighted by molar-refractivity contribution is 6.12. The molecule has 0 aliphatic heterocycles. The van der Waals surface area contributed by atoms with Gasteiger partial charge in [0.2, 0.25) is 0 Å². The Balaban J connectivity index is 1.57. The molecule has 1 aromatic heterocycles. The van der Waals surface area contributed by atoms with E-state index in [1.54, 1.807) is 18.3 Å². The van der Waals surface area contributed by atoms with Crippen molar-refractivity contribution in [2.24, 2.45) is 5.10 Å². The fraction of sp³-hybridized carbons (Fsp3) is 0. The SMILES string of the molecule is O=C(N/N=C(\c1ccccc1)c1ccccn1)c1ccc(-c2ccccc2)cc1. The second-order valence-corrected chi connectivity index (χ2v) is 6.43. The molecule has 0 saturated carbocycles. The van der Waals surface area contributed by atoms with Gasteiger partial charge >= 0.3 is 0 Å². The van der Waals surface area contributed by atoms with Gasteiger partial charge in [0.05, 0.1) is 5.69 Å². The van der Waals surface area contributed by atoms with Crippen LogP contribution in [0.2, 0.25) is 0 Å². The van der Waals surface area contributed by atoms with E-state index in [9.17, 15) is 4.79 Å². The van der Waals surface area contributed by atoms with Gasteiger partial charge in [0.15, 0.2) is 0 Å². The maximum atomic E-state index is 12.6. The lowest BCUT2D eigenvalue weighted by Crippen LogP contribution is -2.21. The standard InChI is InChI=1S/C25H19N3O/c29-25(22-16-14-20(15-17-22)19-9-3-1-4-10-19)28-27-24(21-11-5-2-6-12-21)23-13-7-8-18-26-23/h1-18H,(H,28,29)/b27-24+. The van der Waals surface area contributed by atoms with Crippen molar-refractivity contribution in [3.63, 3.8) is 0 Å². The van der Waals surface area contributed by atoms with Crippen molar-refractivity contribution in [1.29, 1.82) is 0 Å². The van der Waals surface area contributed by atoms with Gasteiger partial charge in [0.1, 0.15) is 5.71 Å². The van der Waals surface area contributed by atoms with E-state index in [2.05, 4.69) is 15.5 Å². The molecule has 4 rings (SSSR count). The highest BCUT2D eigenvalue weighted by Gasteiger charge is 2.10. The van der Waals surface area contributed by atoms with Gasteiger partial charge < -0.3 is 0 Å². The van der Waals surface area contributed by atoms with E-state index in [0.29, 0.717) is 17.0 Å². The minimum Gasteiger partial charge on any atom is -0.267 e. The Bertz CT molecular complexity index is 1070. The number of carbonyl (C=O) groups excluding carboxylic acids is 1. The molecule has 29 heavy (non-hydrogen) atoms. The van der Waals surface area contributed by atoms with Crippen LogP contribution in [-0.2, 0) is 0 Å². The first kappa shape index (κ1) is 18.3. The van der Waals surface area contributed by atoms with E-state index in [0.717, 1.165) is 16.7 Å². The van der Waals surface area contributed by atoms with E-state index in [4.69, 9.17) is 0 Å². The van der Waals surface area contributed by atoms with Gasteiger partial charge in [-0.1, -0.05) is 78.9 Å². The largest absolute Gasteiger partial charge is 0.271 e. The number of pyridine rings is 1. The fourth-order valence-corrected chi connectivity index (χ4v) is 2.98. The van der Waals surface area contributed by atoms with Crippen LogP contribution in [0.15, 0.2) is 114 Å². The number of hydrazone groups is 1. The van der Waals surface area contributed by atoms with Crippen LogP contribution in [0.25, 0.3) is 11.1 Å². The van der Waals surface area contributed by atoms with E-state index < -0.39 is 0 Å². The molecule has 0 aliphatic carbocycles. The second kappa shape index (κ2) is 8.76. The molecule has 0 unspecified atom stereocenters. The number of carbonyl (C=O) groups is 1. The molecule has 0 spiro atoms. The molecule has 4 heteroatoms. The van der Waals surface area contributed by atoms with Crippen LogP contribution < -0.4 is 5.43 Å². The Morgan fingerprint density at radius 1 is 0.655 bits per heavy atom. The number of amides is 1. The first-order chi connectivity index (χ1) is 14.3. The van der Waals surface area contributed by atoms with Gasteiger partial charge in [-0.15, -0.1) is 0 Å². The smallest absolute Gasteiger partial charge is 0.267 e. The first-order valence-electron chi connectivity index (χ1n) is 9.31. The van der Waals surface area contributed by atoms with Gasteiger partial charge in [-0.25, -0.2) is 5.43 Å². The minimum atomic E-state index is -0.269. The summed E-state index contributed by atoms with van der Waals surface area (Å²) in [5, 5.41) is 4.38. The number of aromatic nitrogens is 1. The molecule has 0 fully saturated rings. The summed E-state index contributed by atoms with van der Waals surface area (Å²) in [5.74, 6) is -0.269. The van der Waals surface area contributed by atoms with Crippen molar-refractivity contribution in [3.8, 4) is 11.1 Å². The maximum absolute atomic E-state index is 12.6. The molecule has 4 aromatic rings. The molecule has 1 amide bonds. The molecule has 1 N–H and O–H groups in total.